The van der Waals surface area contributed by atoms with Crippen molar-refractivity contribution in [3.8, 4) is 11.7 Å². The standard InChI is InChI=1S/C12H9N3O2Se/c1-17-8-4-2-5-9-10(8)11(16)15(18-9)12-13-6-3-7-14-12/h2-7H,1H3. The first-order chi connectivity index (χ1) is 8.81. The molecule has 1 aromatic carbocycles. The number of hydrogen-bond acceptors (Lipinski definition) is 4. The fraction of sp³-hybridized carbons (Fsp3) is 0.0833. The second-order valence-corrected chi connectivity index (χ2v) is 5.64. The molecular formula is C12H9N3O2Se. The summed E-state index contributed by atoms with van der Waals surface area (Å²) in [6.45, 7) is 0. The second-order valence-electron chi connectivity index (χ2n) is 3.57. The molecule has 0 fully saturated rings. The zero-order valence-electron chi connectivity index (χ0n) is 9.53. The molecule has 2 heterocycles. The Labute approximate surface area is 109 Å². The molecule has 0 saturated carbocycles. The fourth-order valence-corrected chi connectivity index (χ4v) is 3.76. The molecule has 0 aliphatic rings. The van der Waals surface area contributed by atoms with Crippen molar-refractivity contribution in [2.75, 3.05) is 7.11 Å². The van der Waals surface area contributed by atoms with E-state index in [9.17, 15) is 4.79 Å². The normalized spacial score (nSPS) is 10.7. The Morgan fingerprint density at radius 3 is 2.72 bits per heavy atom. The summed E-state index contributed by atoms with van der Waals surface area (Å²) in [5.41, 5.74) is -0.0892. The quantitative estimate of drug-likeness (QED) is 0.659. The predicted octanol–water partition coefficient (Wildman–Crippen LogP) is 0.846. The van der Waals surface area contributed by atoms with Crippen LogP contribution in [0.25, 0.3) is 15.6 Å². The van der Waals surface area contributed by atoms with Gasteiger partial charge in [-0.2, -0.15) is 0 Å². The van der Waals surface area contributed by atoms with E-state index in [0.717, 1.165) is 4.26 Å². The number of nitrogens with zero attached hydrogens (tertiary/aromatic N) is 3. The number of fused-ring (bicyclic) bond motifs is 1. The molecule has 0 aliphatic heterocycles. The number of aromatic nitrogens is 3. The van der Waals surface area contributed by atoms with E-state index in [4.69, 9.17) is 4.74 Å². The molecule has 0 unspecified atom stereocenters. The van der Waals surface area contributed by atoms with Gasteiger partial charge in [0.15, 0.2) is 0 Å². The monoisotopic (exact) mass is 307 g/mol. The summed E-state index contributed by atoms with van der Waals surface area (Å²) in [5, 5.41) is 0.632. The number of rotatable bonds is 2. The molecule has 0 spiro atoms. The zero-order chi connectivity index (χ0) is 12.5. The molecule has 6 heteroatoms. The van der Waals surface area contributed by atoms with E-state index in [1.807, 2.05) is 12.1 Å². The van der Waals surface area contributed by atoms with Crippen LogP contribution in [0.3, 0.4) is 0 Å². The molecule has 0 bridgehead atoms. The van der Waals surface area contributed by atoms with Crippen molar-refractivity contribution < 1.29 is 4.74 Å². The van der Waals surface area contributed by atoms with Gasteiger partial charge < -0.3 is 0 Å². The summed E-state index contributed by atoms with van der Waals surface area (Å²) in [5.74, 6) is 1.05. The van der Waals surface area contributed by atoms with Gasteiger partial charge in [-0.15, -0.1) is 0 Å². The van der Waals surface area contributed by atoms with Gasteiger partial charge in [0.2, 0.25) is 0 Å². The van der Waals surface area contributed by atoms with Gasteiger partial charge >= 0.3 is 108 Å². The number of benzene rings is 1. The Balaban J connectivity index is 2.34. The first-order valence-electron chi connectivity index (χ1n) is 5.27. The Hall–Kier alpha value is -1.91. The van der Waals surface area contributed by atoms with Crippen molar-refractivity contribution in [1.82, 2.24) is 13.5 Å². The molecular weight excluding hydrogens is 297 g/mol. The van der Waals surface area contributed by atoms with Gasteiger partial charge in [0.05, 0.1) is 0 Å². The van der Waals surface area contributed by atoms with Crippen molar-refractivity contribution in [2.24, 2.45) is 0 Å². The average molecular weight is 306 g/mol. The van der Waals surface area contributed by atoms with Gasteiger partial charge in [-0.25, -0.2) is 0 Å². The van der Waals surface area contributed by atoms with Crippen LogP contribution in [0.15, 0.2) is 41.5 Å². The Kier molecular flexibility index (Phi) is 2.74. The van der Waals surface area contributed by atoms with E-state index in [0.29, 0.717) is 17.1 Å². The predicted molar refractivity (Wildman–Crippen MR) is 68.6 cm³/mol. The van der Waals surface area contributed by atoms with Crippen LogP contribution in [0.5, 0.6) is 5.75 Å². The number of ether oxygens (including phenoxy) is 1. The molecule has 18 heavy (non-hydrogen) atoms. The molecule has 0 saturated heterocycles. The van der Waals surface area contributed by atoms with Crippen molar-refractivity contribution in [3.05, 3.63) is 47.0 Å². The topological polar surface area (TPSA) is 57.0 Å². The van der Waals surface area contributed by atoms with Crippen molar-refractivity contribution in [2.45, 2.75) is 0 Å². The molecule has 0 atom stereocenters. The van der Waals surface area contributed by atoms with Gasteiger partial charge in [0, 0.05) is 0 Å². The van der Waals surface area contributed by atoms with E-state index >= 15 is 0 Å². The van der Waals surface area contributed by atoms with Gasteiger partial charge in [0.25, 0.3) is 0 Å². The number of hydrogen-bond donors (Lipinski definition) is 0. The minimum atomic E-state index is -0.137. The third-order valence-corrected chi connectivity index (χ3v) is 4.73. The third-order valence-electron chi connectivity index (χ3n) is 2.53. The maximum absolute atomic E-state index is 12.4. The van der Waals surface area contributed by atoms with Crippen LogP contribution in [-0.2, 0) is 0 Å². The van der Waals surface area contributed by atoms with Gasteiger partial charge in [-0.3, -0.25) is 0 Å². The van der Waals surface area contributed by atoms with Crippen molar-refractivity contribution >= 4 is 24.4 Å². The fourth-order valence-electron chi connectivity index (χ4n) is 1.74. The van der Waals surface area contributed by atoms with E-state index in [1.54, 1.807) is 35.2 Å². The van der Waals surface area contributed by atoms with Crippen LogP contribution in [0.4, 0.5) is 0 Å². The van der Waals surface area contributed by atoms with Crippen molar-refractivity contribution in [3.63, 3.8) is 0 Å². The second kappa shape index (κ2) is 4.40. The molecule has 5 nitrogen and oxygen atoms in total. The Bertz CT molecular complexity index is 749. The zero-order valence-corrected chi connectivity index (χ0v) is 11.2. The van der Waals surface area contributed by atoms with E-state index < -0.39 is 0 Å². The molecule has 2 aromatic heterocycles. The van der Waals surface area contributed by atoms with Crippen molar-refractivity contribution in [1.29, 1.82) is 0 Å². The van der Waals surface area contributed by atoms with E-state index in [1.165, 1.54) is 0 Å². The summed E-state index contributed by atoms with van der Waals surface area (Å²) in [4.78, 5) is 20.6. The molecule has 3 aromatic rings. The number of methoxy groups -OCH3 is 1. The SMILES string of the molecule is COc1cccc2[se]n(-c3ncccn3)c(=O)c12. The van der Waals surface area contributed by atoms with Crippen LogP contribution in [-0.4, -0.2) is 35.4 Å². The molecule has 3 rings (SSSR count). The maximum atomic E-state index is 12.4. The Morgan fingerprint density at radius 1 is 1.22 bits per heavy atom. The summed E-state index contributed by atoms with van der Waals surface area (Å²) in [6, 6.07) is 7.35. The first kappa shape index (κ1) is 11.2. The average Bonchev–Trinajstić information content (AvgIpc) is 2.77. The summed E-state index contributed by atoms with van der Waals surface area (Å²) >= 11 is -0.137. The summed E-state index contributed by atoms with van der Waals surface area (Å²) in [6.07, 6.45) is 3.26. The van der Waals surface area contributed by atoms with Gasteiger partial charge in [0.1, 0.15) is 0 Å². The molecule has 0 amide bonds. The van der Waals surface area contributed by atoms with Crippen LogP contribution < -0.4 is 10.3 Å². The molecule has 0 aliphatic carbocycles. The molecule has 0 N–H and O–H groups in total. The van der Waals surface area contributed by atoms with Crippen LogP contribution in [0, 0.1) is 0 Å². The Morgan fingerprint density at radius 2 is 2.00 bits per heavy atom. The summed E-state index contributed by atoms with van der Waals surface area (Å²) in [7, 11) is 1.57. The third kappa shape index (κ3) is 1.66. The van der Waals surface area contributed by atoms with Crippen LogP contribution in [0.2, 0.25) is 0 Å². The first-order valence-corrected chi connectivity index (χ1v) is 6.90. The van der Waals surface area contributed by atoms with Crippen LogP contribution in [0.1, 0.15) is 0 Å². The minimum absolute atomic E-state index is 0.0892. The van der Waals surface area contributed by atoms with Gasteiger partial charge in [-0.05, 0) is 0 Å². The summed E-state index contributed by atoms with van der Waals surface area (Å²) < 4.78 is 7.84. The van der Waals surface area contributed by atoms with E-state index in [-0.39, 0.29) is 20.3 Å². The van der Waals surface area contributed by atoms with Gasteiger partial charge in [-0.1, -0.05) is 0 Å². The molecule has 90 valence electrons. The molecule has 0 radical (unpaired) electrons. The van der Waals surface area contributed by atoms with E-state index in [2.05, 4.69) is 9.97 Å². The van der Waals surface area contributed by atoms with Crippen LogP contribution >= 0.6 is 0 Å².